The topological polar surface area (TPSA) is 53.2 Å². The first-order valence-electron chi connectivity index (χ1n) is 9.54. The number of nitrogens with one attached hydrogen (secondary N) is 1. The maximum Gasteiger partial charge on any atom is 0.270 e. The molecular weight excluding hydrogens is 324 g/mol. The van der Waals surface area contributed by atoms with Crippen LogP contribution in [0.2, 0.25) is 0 Å². The third-order valence-corrected chi connectivity index (χ3v) is 5.51. The fourth-order valence-electron chi connectivity index (χ4n) is 4.20. The van der Waals surface area contributed by atoms with Crippen LogP contribution < -0.4 is 0 Å². The molecule has 0 unspecified atom stereocenters. The zero-order valence-electron chi connectivity index (χ0n) is 16.0. The molecule has 1 N–H and O–H groups in total. The van der Waals surface area contributed by atoms with Gasteiger partial charge in [0.2, 0.25) is 0 Å². The summed E-state index contributed by atoms with van der Waals surface area (Å²) in [6, 6.07) is 10.6. The van der Waals surface area contributed by atoms with Gasteiger partial charge in [-0.15, -0.1) is 0 Å². The largest absolute Gasteiger partial charge is 0.354 e. The third kappa shape index (κ3) is 3.74. The van der Waals surface area contributed by atoms with Gasteiger partial charge in [0.1, 0.15) is 5.69 Å². The van der Waals surface area contributed by atoms with Crippen LogP contribution in [0.15, 0.2) is 30.3 Å². The number of benzene rings is 1. The lowest BCUT2D eigenvalue weighted by molar-refractivity contribution is 0.0677. The summed E-state index contributed by atoms with van der Waals surface area (Å²) >= 11 is 0. The standard InChI is InChI=1S/C22H28N2O2/c1-15-20(17(3)25)16(2)23-21(15)22(26)24(19-11-7-8-12-19)14-13-18-9-5-4-6-10-18/h4-6,9-10,19,23H,7-8,11-14H2,1-3H3. The van der Waals surface area contributed by atoms with Crippen molar-refractivity contribution >= 4 is 11.7 Å². The van der Waals surface area contributed by atoms with Gasteiger partial charge < -0.3 is 9.88 Å². The predicted molar refractivity (Wildman–Crippen MR) is 104 cm³/mol. The molecular formula is C22H28N2O2. The molecule has 1 heterocycles. The number of carbonyl (C=O) groups excluding carboxylic acids is 2. The number of aromatic amines is 1. The Kier molecular flexibility index (Phi) is 5.60. The van der Waals surface area contributed by atoms with Crippen molar-refractivity contribution in [2.75, 3.05) is 6.54 Å². The van der Waals surface area contributed by atoms with Crippen LogP contribution in [-0.4, -0.2) is 34.2 Å². The van der Waals surface area contributed by atoms with Crippen molar-refractivity contribution < 1.29 is 9.59 Å². The molecule has 2 aromatic rings. The van der Waals surface area contributed by atoms with Gasteiger partial charge in [0.05, 0.1) is 0 Å². The Morgan fingerprint density at radius 1 is 1.12 bits per heavy atom. The number of ketones is 1. The Bertz CT molecular complexity index is 786. The first kappa shape index (κ1) is 18.4. The Labute approximate surface area is 155 Å². The van der Waals surface area contributed by atoms with E-state index in [4.69, 9.17) is 0 Å². The highest BCUT2D eigenvalue weighted by atomic mass is 16.2. The van der Waals surface area contributed by atoms with Gasteiger partial charge in [-0.2, -0.15) is 0 Å². The average molecular weight is 352 g/mol. The lowest BCUT2D eigenvalue weighted by Crippen LogP contribution is -2.40. The maximum atomic E-state index is 13.3. The van der Waals surface area contributed by atoms with Gasteiger partial charge in [0.25, 0.3) is 5.91 Å². The molecule has 0 saturated heterocycles. The van der Waals surface area contributed by atoms with Gasteiger partial charge in [-0.1, -0.05) is 43.2 Å². The lowest BCUT2D eigenvalue weighted by Gasteiger charge is -2.29. The Morgan fingerprint density at radius 3 is 2.35 bits per heavy atom. The van der Waals surface area contributed by atoms with E-state index in [1.165, 1.54) is 18.4 Å². The fourth-order valence-corrected chi connectivity index (χ4v) is 4.20. The molecule has 0 aliphatic heterocycles. The van der Waals surface area contributed by atoms with Crippen molar-refractivity contribution in [1.29, 1.82) is 0 Å². The molecule has 4 nitrogen and oxygen atoms in total. The number of carbonyl (C=O) groups is 2. The minimum absolute atomic E-state index is 0.00648. The molecule has 1 aromatic heterocycles. The zero-order chi connectivity index (χ0) is 18.7. The van der Waals surface area contributed by atoms with Crippen LogP contribution in [0.5, 0.6) is 0 Å². The van der Waals surface area contributed by atoms with E-state index in [1.807, 2.05) is 36.9 Å². The van der Waals surface area contributed by atoms with Crippen LogP contribution in [-0.2, 0) is 6.42 Å². The van der Waals surface area contributed by atoms with E-state index < -0.39 is 0 Å². The molecule has 1 amide bonds. The molecule has 1 saturated carbocycles. The summed E-state index contributed by atoms with van der Waals surface area (Å²) in [5.74, 6) is 0.0351. The minimum atomic E-state index is 0.00648. The summed E-state index contributed by atoms with van der Waals surface area (Å²) in [5, 5.41) is 0. The number of aromatic nitrogens is 1. The SMILES string of the molecule is CC(=O)c1c(C)[nH]c(C(=O)N(CCc2ccccc2)C2CCCC2)c1C. The number of amides is 1. The van der Waals surface area contributed by atoms with Crippen LogP contribution in [0.1, 0.15) is 70.3 Å². The number of aryl methyl sites for hydroxylation is 1. The summed E-state index contributed by atoms with van der Waals surface area (Å²) < 4.78 is 0. The molecule has 0 bridgehead atoms. The molecule has 3 rings (SSSR count). The van der Waals surface area contributed by atoms with E-state index in [2.05, 4.69) is 17.1 Å². The van der Waals surface area contributed by atoms with Crippen molar-refractivity contribution in [2.24, 2.45) is 0 Å². The van der Waals surface area contributed by atoms with Crippen molar-refractivity contribution in [3.8, 4) is 0 Å². The van der Waals surface area contributed by atoms with E-state index in [-0.39, 0.29) is 11.7 Å². The Balaban J connectivity index is 1.85. The number of hydrogen-bond donors (Lipinski definition) is 1. The van der Waals surface area contributed by atoms with Crippen molar-refractivity contribution in [1.82, 2.24) is 9.88 Å². The lowest BCUT2D eigenvalue weighted by atomic mass is 10.1. The van der Waals surface area contributed by atoms with Crippen LogP contribution in [0.4, 0.5) is 0 Å². The van der Waals surface area contributed by atoms with Crippen LogP contribution in [0.25, 0.3) is 0 Å². The summed E-state index contributed by atoms with van der Waals surface area (Å²) in [6.07, 6.45) is 5.35. The Hall–Kier alpha value is -2.36. The average Bonchev–Trinajstić information content (AvgIpc) is 3.24. The summed E-state index contributed by atoms with van der Waals surface area (Å²) in [6.45, 7) is 6.00. The van der Waals surface area contributed by atoms with E-state index in [0.29, 0.717) is 23.8 Å². The summed E-state index contributed by atoms with van der Waals surface area (Å²) in [7, 11) is 0. The van der Waals surface area contributed by atoms with Gasteiger partial charge in [-0.25, -0.2) is 0 Å². The molecule has 26 heavy (non-hydrogen) atoms. The van der Waals surface area contributed by atoms with Gasteiger partial charge in [0, 0.05) is 23.8 Å². The number of nitrogens with zero attached hydrogens (tertiary/aromatic N) is 1. The van der Waals surface area contributed by atoms with Crippen molar-refractivity contribution in [2.45, 2.75) is 58.9 Å². The van der Waals surface area contributed by atoms with Crippen LogP contribution in [0.3, 0.4) is 0 Å². The van der Waals surface area contributed by atoms with Crippen LogP contribution in [0, 0.1) is 13.8 Å². The quantitative estimate of drug-likeness (QED) is 0.780. The minimum Gasteiger partial charge on any atom is -0.354 e. The zero-order valence-corrected chi connectivity index (χ0v) is 16.0. The van der Waals surface area contributed by atoms with Crippen LogP contribution >= 0.6 is 0 Å². The van der Waals surface area contributed by atoms with Crippen molar-refractivity contribution in [3.05, 3.63) is 58.4 Å². The molecule has 1 aliphatic carbocycles. The molecule has 1 aliphatic rings. The van der Waals surface area contributed by atoms with Gasteiger partial charge in [0.15, 0.2) is 5.78 Å². The molecule has 4 heteroatoms. The summed E-state index contributed by atoms with van der Waals surface area (Å²) in [4.78, 5) is 30.5. The number of Topliss-reactive ketones (excluding diaryl/α,β-unsaturated/α-hetero) is 1. The highest BCUT2D eigenvalue weighted by Gasteiger charge is 2.30. The smallest absolute Gasteiger partial charge is 0.270 e. The van der Waals surface area contributed by atoms with E-state index >= 15 is 0 Å². The third-order valence-electron chi connectivity index (χ3n) is 5.51. The van der Waals surface area contributed by atoms with Gasteiger partial charge in [-0.05, 0) is 51.2 Å². The molecule has 0 spiro atoms. The molecule has 1 aromatic carbocycles. The number of H-pyrrole nitrogens is 1. The summed E-state index contributed by atoms with van der Waals surface area (Å²) in [5.41, 5.74) is 4.04. The second kappa shape index (κ2) is 7.90. The monoisotopic (exact) mass is 352 g/mol. The highest BCUT2D eigenvalue weighted by Crippen LogP contribution is 2.27. The molecule has 0 radical (unpaired) electrons. The predicted octanol–water partition coefficient (Wildman–Crippen LogP) is 4.46. The maximum absolute atomic E-state index is 13.3. The Morgan fingerprint density at radius 2 is 1.77 bits per heavy atom. The van der Waals surface area contributed by atoms with Gasteiger partial charge >= 0.3 is 0 Å². The second-order valence-electron chi connectivity index (χ2n) is 7.35. The van der Waals surface area contributed by atoms with E-state index in [9.17, 15) is 9.59 Å². The van der Waals surface area contributed by atoms with Gasteiger partial charge in [-0.3, -0.25) is 9.59 Å². The van der Waals surface area contributed by atoms with E-state index in [0.717, 1.165) is 30.5 Å². The number of hydrogen-bond acceptors (Lipinski definition) is 2. The number of rotatable bonds is 6. The fraction of sp³-hybridized carbons (Fsp3) is 0.455. The first-order valence-corrected chi connectivity index (χ1v) is 9.54. The van der Waals surface area contributed by atoms with Crippen molar-refractivity contribution in [3.63, 3.8) is 0 Å². The molecule has 0 atom stereocenters. The molecule has 1 fully saturated rings. The highest BCUT2D eigenvalue weighted by molar-refractivity contribution is 6.02. The molecule has 138 valence electrons. The normalized spacial score (nSPS) is 14.6. The first-order chi connectivity index (χ1) is 12.5. The second-order valence-corrected chi connectivity index (χ2v) is 7.35. The van der Waals surface area contributed by atoms with E-state index in [1.54, 1.807) is 6.92 Å².